The van der Waals surface area contributed by atoms with E-state index in [1.54, 1.807) is 25.4 Å². The number of pyridine rings is 1. The highest BCUT2D eigenvalue weighted by atomic mass is 16.5. The number of carbonyl (C=O) groups is 1. The molecule has 0 radical (unpaired) electrons. The minimum absolute atomic E-state index is 0.0739. The van der Waals surface area contributed by atoms with Gasteiger partial charge in [0.25, 0.3) is 5.91 Å². The van der Waals surface area contributed by atoms with Crippen molar-refractivity contribution in [2.24, 2.45) is 0 Å². The molecule has 1 aliphatic rings. The normalized spacial score (nSPS) is 23.8. The first-order chi connectivity index (χ1) is 8.63. The Hall–Kier alpha value is -1.58. The maximum absolute atomic E-state index is 12.5. The minimum Gasteiger partial charge on any atom is -0.481 e. The Morgan fingerprint density at radius 2 is 2.00 bits per heavy atom. The average Bonchev–Trinajstić information content (AvgIpc) is 2.38. The zero-order valence-corrected chi connectivity index (χ0v) is 11.2. The maximum Gasteiger partial charge on any atom is 0.255 e. The number of ether oxygens (including phenoxy) is 1. The number of piperidine rings is 1. The zero-order valence-electron chi connectivity index (χ0n) is 11.2. The lowest BCUT2D eigenvalue weighted by Gasteiger charge is -2.39. The predicted octanol–water partition coefficient (Wildman–Crippen LogP) is 2.49. The van der Waals surface area contributed by atoms with Crippen LogP contribution in [0.2, 0.25) is 0 Å². The number of nitrogens with zero attached hydrogens (tertiary/aromatic N) is 2. The van der Waals surface area contributed by atoms with Gasteiger partial charge in [0.05, 0.1) is 12.7 Å². The van der Waals surface area contributed by atoms with Crippen LogP contribution in [0.3, 0.4) is 0 Å². The molecule has 0 bridgehead atoms. The van der Waals surface area contributed by atoms with Crippen molar-refractivity contribution in [2.75, 3.05) is 7.11 Å². The van der Waals surface area contributed by atoms with Gasteiger partial charge in [0.1, 0.15) is 0 Å². The molecular weight excluding hydrogens is 228 g/mol. The molecule has 0 N–H and O–H groups in total. The van der Waals surface area contributed by atoms with Gasteiger partial charge in [-0.2, -0.15) is 0 Å². The van der Waals surface area contributed by atoms with E-state index >= 15 is 0 Å². The van der Waals surface area contributed by atoms with Gasteiger partial charge in [0.15, 0.2) is 0 Å². The van der Waals surface area contributed by atoms with Crippen molar-refractivity contribution < 1.29 is 9.53 Å². The van der Waals surface area contributed by atoms with Gasteiger partial charge in [0.2, 0.25) is 5.88 Å². The lowest BCUT2D eigenvalue weighted by molar-refractivity contribution is 0.0510. The SMILES string of the molecule is COc1ccc(C(=O)N2C(C)CCCC2C)cn1. The second kappa shape index (κ2) is 5.38. The molecule has 4 nitrogen and oxygen atoms in total. The molecular formula is C14H20N2O2. The highest BCUT2D eigenvalue weighted by molar-refractivity contribution is 5.94. The van der Waals surface area contributed by atoms with Gasteiger partial charge in [0, 0.05) is 24.3 Å². The van der Waals surface area contributed by atoms with Crippen LogP contribution in [0.4, 0.5) is 0 Å². The van der Waals surface area contributed by atoms with Crippen LogP contribution in [0.25, 0.3) is 0 Å². The van der Waals surface area contributed by atoms with E-state index in [1.165, 1.54) is 6.42 Å². The Labute approximate surface area is 108 Å². The van der Waals surface area contributed by atoms with Crippen LogP contribution in [0, 0.1) is 0 Å². The second-order valence-electron chi connectivity index (χ2n) is 4.93. The molecule has 2 atom stereocenters. The molecule has 1 aliphatic heterocycles. The van der Waals surface area contributed by atoms with E-state index in [9.17, 15) is 4.79 Å². The predicted molar refractivity (Wildman–Crippen MR) is 69.7 cm³/mol. The lowest BCUT2D eigenvalue weighted by atomic mass is 9.96. The topological polar surface area (TPSA) is 42.4 Å². The van der Waals surface area contributed by atoms with Crippen molar-refractivity contribution in [1.82, 2.24) is 9.88 Å². The van der Waals surface area contributed by atoms with E-state index < -0.39 is 0 Å². The van der Waals surface area contributed by atoms with Crippen LogP contribution in [0.5, 0.6) is 5.88 Å². The van der Waals surface area contributed by atoms with Gasteiger partial charge in [-0.1, -0.05) is 0 Å². The third-order valence-corrected chi connectivity index (χ3v) is 3.62. The van der Waals surface area contributed by atoms with Crippen LogP contribution in [0.15, 0.2) is 18.3 Å². The summed E-state index contributed by atoms with van der Waals surface area (Å²) in [5.74, 6) is 0.608. The highest BCUT2D eigenvalue weighted by Crippen LogP contribution is 2.24. The van der Waals surface area contributed by atoms with Crippen molar-refractivity contribution in [3.63, 3.8) is 0 Å². The van der Waals surface area contributed by atoms with E-state index in [0.717, 1.165) is 12.8 Å². The molecule has 1 aromatic heterocycles. The fourth-order valence-corrected chi connectivity index (χ4v) is 2.60. The molecule has 0 aromatic carbocycles. The van der Waals surface area contributed by atoms with Crippen LogP contribution in [-0.2, 0) is 0 Å². The minimum atomic E-state index is 0.0739. The van der Waals surface area contributed by atoms with E-state index in [2.05, 4.69) is 18.8 Å². The molecule has 0 saturated carbocycles. The summed E-state index contributed by atoms with van der Waals surface area (Å²) in [5.41, 5.74) is 0.636. The number of hydrogen-bond acceptors (Lipinski definition) is 3. The molecule has 0 aliphatic carbocycles. The third kappa shape index (κ3) is 2.47. The van der Waals surface area contributed by atoms with Gasteiger partial charge in [-0.05, 0) is 39.2 Å². The molecule has 2 heterocycles. The van der Waals surface area contributed by atoms with Crippen molar-refractivity contribution in [1.29, 1.82) is 0 Å². The summed E-state index contributed by atoms with van der Waals surface area (Å²) in [6, 6.07) is 4.13. The van der Waals surface area contributed by atoms with Crippen molar-refractivity contribution in [2.45, 2.75) is 45.2 Å². The molecule has 18 heavy (non-hydrogen) atoms. The average molecular weight is 248 g/mol. The molecule has 98 valence electrons. The number of likely N-dealkylation sites (tertiary alicyclic amines) is 1. The third-order valence-electron chi connectivity index (χ3n) is 3.62. The number of carbonyl (C=O) groups excluding carboxylic acids is 1. The first kappa shape index (κ1) is 12.9. The monoisotopic (exact) mass is 248 g/mol. The van der Waals surface area contributed by atoms with Crippen molar-refractivity contribution in [3.8, 4) is 5.88 Å². The fourth-order valence-electron chi connectivity index (χ4n) is 2.60. The number of amides is 1. The lowest BCUT2D eigenvalue weighted by Crippen LogP contribution is -2.47. The first-order valence-corrected chi connectivity index (χ1v) is 6.46. The second-order valence-corrected chi connectivity index (χ2v) is 4.93. The molecule has 1 amide bonds. The van der Waals surface area contributed by atoms with Gasteiger partial charge < -0.3 is 9.64 Å². The molecule has 1 fully saturated rings. The molecule has 1 aromatic rings. The number of rotatable bonds is 2. The Morgan fingerprint density at radius 1 is 1.33 bits per heavy atom. The largest absolute Gasteiger partial charge is 0.481 e. The number of methoxy groups -OCH3 is 1. The van der Waals surface area contributed by atoms with Crippen molar-refractivity contribution in [3.05, 3.63) is 23.9 Å². The molecule has 2 unspecified atom stereocenters. The van der Waals surface area contributed by atoms with Gasteiger partial charge in [-0.3, -0.25) is 4.79 Å². The molecule has 2 rings (SSSR count). The fraction of sp³-hybridized carbons (Fsp3) is 0.571. The summed E-state index contributed by atoms with van der Waals surface area (Å²) in [6.45, 7) is 4.23. The Kier molecular flexibility index (Phi) is 3.84. The quantitative estimate of drug-likeness (QED) is 0.807. The zero-order chi connectivity index (χ0) is 13.1. The number of hydrogen-bond donors (Lipinski definition) is 0. The highest BCUT2D eigenvalue weighted by Gasteiger charge is 2.29. The summed E-state index contributed by atoms with van der Waals surface area (Å²) >= 11 is 0. The summed E-state index contributed by atoms with van der Waals surface area (Å²) < 4.78 is 5.00. The molecule has 1 saturated heterocycles. The van der Waals surface area contributed by atoms with Crippen LogP contribution >= 0.6 is 0 Å². The van der Waals surface area contributed by atoms with E-state index in [4.69, 9.17) is 4.74 Å². The van der Waals surface area contributed by atoms with Crippen LogP contribution in [-0.4, -0.2) is 35.0 Å². The molecule has 0 spiro atoms. The first-order valence-electron chi connectivity index (χ1n) is 6.46. The Balaban J connectivity index is 2.18. The summed E-state index contributed by atoms with van der Waals surface area (Å²) in [5, 5.41) is 0. The van der Waals surface area contributed by atoms with Crippen molar-refractivity contribution >= 4 is 5.91 Å². The van der Waals surface area contributed by atoms with E-state index in [1.807, 2.05) is 4.90 Å². The summed E-state index contributed by atoms with van der Waals surface area (Å²) in [6.07, 6.45) is 4.96. The Morgan fingerprint density at radius 3 is 2.50 bits per heavy atom. The summed E-state index contributed by atoms with van der Waals surface area (Å²) in [4.78, 5) is 18.5. The van der Waals surface area contributed by atoms with Gasteiger partial charge >= 0.3 is 0 Å². The van der Waals surface area contributed by atoms with Crippen LogP contribution < -0.4 is 4.74 Å². The maximum atomic E-state index is 12.5. The standard InChI is InChI=1S/C14H20N2O2/c1-10-5-4-6-11(2)16(10)14(17)12-7-8-13(18-3)15-9-12/h7-11H,4-6H2,1-3H3. The van der Waals surface area contributed by atoms with Gasteiger partial charge in [-0.15, -0.1) is 0 Å². The number of aromatic nitrogens is 1. The smallest absolute Gasteiger partial charge is 0.255 e. The van der Waals surface area contributed by atoms with Gasteiger partial charge in [-0.25, -0.2) is 4.98 Å². The van der Waals surface area contributed by atoms with Crippen LogP contribution in [0.1, 0.15) is 43.5 Å². The Bertz CT molecular complexity index is 406. The molecule has 4 heteroatoms. The van der Waals surface area contributed by atoms with E-state index in [-0.39, 0.29) is 5.91 Å². The summed E-state index contributed by atoms with van der Waals surface area (Å²) in [7, 11) is 1.57. The van der Waals surface area contributed by atoms with E-state index in [0.29, 0.717) is 23.5 Å².